The van der Waals surface area contributed by atoms with Crippen LogP contribution in [0.3, 0.4) is 0 Å². The van der Waals surface area contributed by atoms with Crippen LogP contribution in [0.25, 0.3) is 10.7 Å². The van der Waals surface area contributed by atoms with Gasteiger partial charge in [-0.1, -0.05) is 11.2 Å². The molecule has 0 unspecified atom stereocenters. The fourth-order valence-corrected chi connectivity index (χ4v) is 3.41. The maximum absolute atomic E-state index is 12.5. The van der Waals surface area contributed by atoms with Crippen LogP contribution >= 0.6 is 11.3 Å². The quantitative estimate of drug-likeness (QED) is 0.658. The number of likely N-dealkylation sites (tertiary alicyclic amines) is 1. The molecule has 0 N–H and O–H groups in total. The average Bonchev–Trinajstić information content (AvgIpc) is 3.31. The lowest BCUT2D eigenvalue weighted by Gasteiger charge is -2.37. The van der Waals surface area contributed by atoms with Gasteiger partial charge in [0.2, 0.25) is 11.7 Å². The van der Waals surface area contributed by atoms with E-state index >= 15 is 0 Å². The molecular weight excluding hydrogens is 354 g/mol. The number of hydrogen-bond acceptors (Lipinski definition) is 7. The minimum absolute atomic E-state index is 0.0505. The van der Waals surface area contributed by atoms with Crippen molar-refractivity contribution in [2.45, 2.75) is 5.92 Å². The third-order valence-corrected chi connectivity index (χ3v) is 5.12. The maximum Gasteiger partial charge on any atom is 0.337 e. The molecule has 1 aromatic carbocycles. The first-order valence-electron chi connectivity index (χ1n) is 8.01. The zero-order valence-electron chi connectivity index (χ0n) is 13.9. The zero-order valence-corrected chi connectivity index (χ0v) is 14.7. The second kappa shape index (κ2) is 6.72. The Morgan fingerprint density at radius 2 is 1.92 bits per heavy atom. The molecule has 0 radical (unpaired) electrons. The van der Waals surface area contributed by atoms with Crippen LogP contribution < -0.4 is 0 Å². The van der Waals surface area contributed by atoms with E-state index in [0.717, 1.165) is 4.88 Å². The minimum atomic E-state index is -0.425. The average molecular weight is 369 g/mol. The number of methoxy groups -OCH3 is 1. The molecule has 2 aromatic heterocycles. The Bertz CT molecular complexity index is 928. The first-order valence-corrected chi connectivity index (χ1v) is 8.89. The van der Waals surface area contributed by atoms with E-state index in [4.69, 9.17) is 4.52 Å². The first-order chi connectivity index (χ1) is 12.7. The van der Waals surface area contributed by atoms with Crippen LogP contribution in [0, 0.1) is 0 Å². The molecule has 8 heteroatoms. The van der Waals surface area contributed by atoms with Crippen molar-refractivity contribution < 1.29 is 18.8 Å². The highest BCUT2D eigenvalue weighted by atomic mass is 32.1. The molecule has 1 amide bonds. The van der Waals surface area contributed by atoms with Crippen molar-refractivity contribution in [2.75, 3.05) is 20.2 Å². The van der Waals surface area contributed by atoms with E-state index in [1.807, 2.05) is 17.5 Å². The molecule has 4 rings (SSSR count). The zero-order chi connectivity index (χ0) is 18.1. The summed E-state index contributed by atoms with van der Waals surface area (Å²) in [5.41, 5.74) is 0.943. The molecule has 1 saturated heterocycles. The van der Waals surface area contributed by atoms with Gasteiger partial charge in [-0.15, -0.1) is 11.3 Å². The Hall–Kier alpha value is -3.00. The number of benzene rings is 1. The monoisotopic (exact) mass is 369 g/mol. The van der Waals surface area contributed by atoms with E-state index in [1.165, 1.54) is 7.11 Å². The Balaban J connectivity index is 1.38. The van der Waals surface area contributed by atoms with Gasteiger partial charge in [0.05, 0.1) is 23.5 Å². The Morgan fingerprint density at radius 3 is 2.58 bits per heavy atom. The third kappa shape index (κ3) is 2.99. The Kier molecular flexibility index (Phi) is 4.26. The lowest BCUT2D eigenvalue weighted by Crippen LogP contribution is -2.48. The number of esters is 1. The van der Waals surface area contributed by atoms with Gasteiger partial charge in [-0.05, 0) is 35.7 Å². The van der Waals surface area contributed by atoms with Gasteiger partial charge in [0, 0.05) is 18.7 Å². The smallest absolute Gasteiger partial charge is 0.337 e. The van der Waals surface area contributed by atoms with Crippen molar-refractivity contribution in [1.29, 1.82) is 0 Å². The summed E-state index contributed by atoms with van der Waals surface area (Å²) in [7, 11) is 1.32. The molecule has 0 aliphatic carbocycles. The molecule has 0 atom stereocenters. The standard InChI is InChI=1S/C18H15N3O4S/c1-24-18(23)12-6-4-11(5-7-12)17(22)21-9-13(10-21)16-19-15(20-25-16)14-3-2-8-26-14/h2-8,13H,9-10H2,1H3. The van der Waals surface area contributed by atoms with Gasteiger partial charge in [-0.25, -0.2) is 4.79 Å². The highest BCUT2D eigenvalue weighted by Crippen LogP contribution is 2.29. The molecule has 132 valence electrons. The minimum Gasteiger partial charge on any atom is -0.465 e. The normalized spacial score (nSPS) is 14.1. The fourth-order valence-electron chi connectivity index (χ4n) is 2.76. The van der Waals surface area contributed by atoms with E-state index in [0.29, 0.717) is 35.9 Å². The van der Waals surface area contributed by atoms with Gasteiger partial charge in [0.15, 0.2) is 0 Å². The third-order valence-electron chi connectivity index (χ3n) is 4.25. The summed E-state index contributed by atoms with van der Waals surface area (Å²) in [6.07, 6.45) is 0. The molecule has 0 saturated carbocycles. The van der Waals surface area contributed by atoms with Crippen molar-refractivity contribution in [3.05, 3.63) is 58.8 Å². The van der Waals surface area contributed by atoms with E-state index in [9.17, 15) is 9.59 Å². The number of hydrogen-bond donors (Lipinski definition) is 0. The number of rotatable bonds is 4. The molecule has 7 nitrogen and oxygen atoms in total. The molecule has 1 fully saturated rings. The van der Waals surface area contributed by atoms with Crippen LogP contribution in [0.1, 0.15) is 32.5 Å². The number of ether oxygens (including phenoxy) is 1. The summed E-state index contributed by atoms with van der Waals surface area (Å²) in [5, 5.41) is 5.96. The maximum atomic E-state index is 12.5. The molecule has 3 aromatic rings. The summed E-state index contributed by atoms with van der Waals surface area (Å²) >= 11 is 1.55. The van der Waals surface area contributed by atoms with E-state index in [2.05, 4.69) is 14.9 Å². The number of nitrogens with zero attached hydrogens (tertiary/aromatic N) is 3. The van der Waals surface area contributed by atoms with Gasteiger partial charge < -0.3 is 14.2 Å². The van der Waals surface area contributed by atoms with Crippen LogP contribution in [0.2, 0.25) is 0 Å². The summed E-state index contributed by atoms with van der Waals surface area (Å²) in [5.74, 6) is 0.674. The van der Waals surface area contributed by atoms with E-state index in [1.54, 1.807) is 40.5 Å². The van der Waals surface area contributed by atoms with Crippen molar-refractivity contribution in [3.63, 3.8) is 0 Å². The number of carbonyl (C=O) groups is 2. The number of carbonyl (C=O) groups excluding carboxylic acids is 2. The predicted molar refractivity (Wildman–Crippen MR) is 94.0 cm³/mol. The second-order valence-corrected chi connectivity index (χ2v) is 6.86. The number of thiophene rings is 1. The van der Waals surface area contributed by atoms with Gasteiger partial charge in [-0.2, -0.15) is 4.98 Å². The molecule has 26 heavy (non-hydrogen) atoms. The van der Waals surface area contributed by atoms with Gasteiger partial charge in [0.25, 0.3) is 5.91 Å². The van der Waals surface area contributed by atoms with E-state index < -0.39 is 5.97 Å². The van der Waals surface area contributed by atoms with Crippen molar-refractivity contribution in [3.8, 4) is 10.7 Å². The van der Waals surface area contributed by atoms with E-state index in [-0.39, 0.29) is 11.8 Å². The van der Waals surface area contributed by atoms with Gasteiger partial charge in [-0.3, -0.25) is 4.79 Å². The molecule has 3 heterocycles. The van der Waals surface area contributed by atoms with Crippen molar-refractivity contribution in [1.82, 2.24) is 15.0 Å². The summed E-state index contributed by atoms with van der Waals surface area (Å²) < 4.78 is 9.99. The number of amides is 1. The molecule has 0 bridgehead atoms. The van der Waals surface area contributed by atoms with Crippen LogP contribution in [-0.4, -0.2) is 47.1 Å². The molecule has 1 aliphatic rings. The van der Waals surface area contributed by atoms with Crippen molar-refractivity contribution in [2.24, 2.45) is 0 Å². The molecule has 0 spiro atoms. The number of aromatic nitrogens is 2. The predicted octanol–water partition coefficient (Wildman–Crippen LogP) is 2.82. The lowest BCUT2D eigenvalue weighted by atomic mass is 9.98. The summed E-state index contributed by atoms with van der Waals surface area (Å²) in [6.45, 7) is 1.06. The largest absolute Gasteiger partial charge is 0.465 e. The van der Waals surface area contributed by atoms with Gasteiger partial charge in [0.1, 0.15) is 0 Å². The SMILES string of the molecule is COC(=O)c1ccc(C(=O)N2CC(c3nc(-c4cccs4)no3)C2)cc1. The topological polar surface area (TPSA) is 85.5 Å². The molecule has 1 aliphatic heterocycles. The van der Waals surface area contributed by atoms with Crippen LogP contribution in [0.15, 0.2) is 46.3 Å². The highest BCUT2D eigenvalue weighted by Gasteiger charge is 2.36. The molecular formula is C18H15N3O4S. The van der Waals surface area contributed by atoms with Crippen LogP contribution in [0.5, 0.6) is 0 Å². The highest BCUT2D eigenvalue weighted by molar-refractivity contribution is 7.13. The first kappa shape index (κ1) is 16.5. The second-order valence-electron chi connectivity index (χ2n) is 5.91. The van der Waals surface area contributed by atoms with Crippen LogP contribution in [0.4, 0.5) is 0 Å². The van der Waals surface area contributed by atoms with Crippen molar-refractivity contribution >= 4 is 23.2 Å². The Labute approximate surface area is 153 Å². The lowest BCUT2D eigenvalue weighted by molar-refractivity contribution is 0.0564. The Morgan fingerprint density at radius 1 is 1.19 bits per heavy atom. The van der Waals surface area contributed by atoms with Crippen LogP contribution in [-0.2, 0) is 4.74 Å². The summed E-state index contributed by atoms with van der Waals surface area (Å²) in [4.78, 5) is 31.0. The fraction of sp³-hybridized carbons (Fsp3) is 0.222. The summed E-state index contributed by atoms with van der Waals surface area (Å²) in [6, 6.07) is 10.3. The van der Waals surface area contributed by atoms with Gasteiger partial charge >= 0.3 is 5.97 Å².